The Kier molecular flexibility index (Phi) is 18.9. The van der Waals surface area contributed by atoms with Gasteiger partial charge in [0.1, 0.15) is 12.1 Å². The van der Waals surface area contributed by atoms with Crippen molar-refractivity contribution in [3.8, 4) is 0 Å². The zero-order valence-corrected chi connectivity index (χ0v) is 33.7. The zero-order chi connectivity index (χ0) is 40.7. The topological polar surface area (TPSA) is 221 Å². The van der Waals surface area contributed by atoms with E-state index >= 15 is 0 Å². The SMILES string of the molecule is CC[C@H](C)[C@@H]([C@@H](CC(=O)N1CCC[C@H]1[C@H](OC)[C@@H](C)C(=O)N[C@@H](Cc1ccccc1)C(N)=O)OC)N(C)C(=O)[C@@H](NC(=O)[C@@H](NC)C(C)C)C(C)N=[N+]=[N-]. The molecule has 1 saturated heterocycles. The number of nitrogens with two attached hydrogens (primary N) is 1. The fraction of sp³-hybridized carbons (Fsp3) is 0.711. The molecule has 1 aliphatic rings. The molecule has 1 unspecified atom stereocenters. The number of likely N-dealkylation sites (N-methyl/N-ethyl adjacent to an activating group) is 2. The second-order valence-electron chi connectivity index (χ2n) is 14.7. The number of rotatable bonds is 22. The molecule has 1 aromatic carbocycles. The number of likely N-dealkylation sites (tertiary alicyclic amines) is 1. The standard InChI is InChI=1S/C38H63N9O7/c1-11-23(4)33(46(8)38(52)32(25(6)44-45-40)43-37(51)31(41-7)22(2)3)29(53-9)21-30(48)47-19-15-18-28(47)34(54-10)24(5)36(50)42-27(35(39)49)20-26-16-13-12-14-17-26/h12-14,16-17,22-25,27-29,31-34,41H,11,15,18-21H2,1-10H3,(H2,39,49)(H,42,50)(H,43,51)/t23-,24+,25?,27-,28-,29+,31-,32-,33-,34+/m0/s1. The zero-order valence-electron chi connectivity index (χ0n) is 33.7. The minimum absolute atomic E-state index is 0.0738. The van der Waals surface area contributed by atoms with E-state index in [9.17, 15) is 29.5 Å². The number of benzene rings is 1. The van der Waals surface area contributed by atoms with E-state index in [-0.39, 0.29) is 30.6 Å². The molecule has 5 N–H and O–H groups in total. The van der Waals surface area contributed by atoms with E-state index < -0.39 is 78.0 Å². The minimum Gasteiger partial charge on any atom is -0.379 e. The van der Waals surface area contributed by atoms with Gasteiger partial charge in [0, 0.05) is 39.1 Å². The van der Waals surface area contributed by atoms with Crippen LogP contribution >= 0.6 is 0 Å². The summed E-state index contributed by atoms with van der Waals surface area (Å²) >= 11 is 0. The number of amides is 5. The maximum Gasteiger partial charge on any atom is 0.245 e. The van der Waals surface area contributed by atoms with Gasteiger partial charge in [-0.05, 0) is 42.8 Å². The van der Waals surface area contributed by atoms with Gasteiger partial charge >= 0.3 is 0 Å². The van der Waals surface area contributed by atoms with Gasteiger partial charge in [-0.15, -0.1) is 0 Å². The molecular weight excluding hydrogens is 694 g/mol. The summed E-state index contributed by atoms with van der Waals surface area (Å²) in [6, 6.07) is 4.62. The van der Waals surface area contributed by atoms with Crippen molar-refractivity contribution in [2.24, 2.45) is 28.6 Å². The highest BCUT2D eigenvalue weighted by Gasteiger charge is 2.43. The van der Waals surface area contributed by atoms with Crippen molar-refractivity contribution >= 4 is 29.5 Å². The highest BCUT2D eigenvalue weighted by molar-refractivity contribution is 5.91. The van der Waals surface area contributed by atoms with E-state index in [2.05, 4.69) is 26.0 Å². The Morgan fingerprint density at radius 3 is 2.19 bits per heavy atom. The Hall–Kier alpha value is -4.24. The van der Waals surface area contributed by atoms with Gasteiger partial charge in [0.05, 0.1) is 48.7 Å². The van der Waals surface area contributed by atoms with Crippen LogP contribution in [0.1, 0.15) is 72.8 Å². The molecule has 1 aliphatic heterocycles. The third kappa shape index (κ3) is 12.1. The Morgan fingerprint density at radius 2 is 1.67 bits per heavy atom. The van der Waals surface area contributed by atoms with Gasteiger partial charge in [0.2, 0.25) is 29.5 Å². The molecule has 302 valence electrons. The molecule has 1 fully saturated rings. The first kappa shape index (κ1) is 45.9. The molecule has 2 rings (SSSR count). The number of hydrogen-bond acceptors (Lipinski definition) is 9. The lowest BCUT2D eigenvalue weighted by molar-refractivity contribution is -0.147. The molecule has 0 aliphatic carbocycles. The van der Waals surface area contributed by atoms with Gasteiger partial charge in [-0.2, -0.15) is 0 Å². The summed E-state index contributed by atoms with van der Waals surface area (Å²) in [5, 5.41) is 12.3. The molecule has 5 amide bonds. The minimum atomic E-state index is -1.17. The number of carbonyl (C=O) groups is 5. The van der Waals surface area contributed by atoms with E-state index in [1.165, 1.54) is 19.1 Å². The largest absolute Gasteiger partial charge is 0.379 e. The number of azide groups is 1. The number of primary amides is 1. The van der Waals surface area contributed by atoms with Crippen LogP contribution in [0.2, 0.25) is 0 Å². The van der Waals surface area contributed by atoms with Crippen molar-refractivity contribution in [1.29, 1.82) is 0 Å². The molecule has 0 radical (unpaired) electrons. The van der Waals surface area contributed by atoms with E-state index in [1.54, 1.807) is 32.8 Å². The monoisotopic (exact) mass is 757 g/mol. The predicted molar refractivity (Wildman–Crippen MR) is 206 cm³/mol. The van der Waals surface area contributed by atoms with Crippen LogP contribution in [-0.2, 0) is 39.9 Å². The molecule has 1 heterocycles. The molecular formula is C38H63N9O7. The lowest BCUT2D eigenvalue weighted by Gasteiger charge is -2.41. The van der Waals surface area contributed by atoms with Crippen LogP contribution < -0.4 is 21.7 Å². The number of ether oxygens (including phenoxy) is 2. The first-order valence-corrected chi connectivity index (χ1v) is 18.8. The number of hydrogen-bond donors (Lipinski definition) is 4. The molecule has 16 heteroatoms. The van der Waals surface area contributed by atoms with Crippen molar-refractivity contribution in [1.82, 2.24) is 25.8 Å². The molecule has 16 nitrogen and oxygen atoms in total. The Bertz CT molecular complexity index is 1440. The van der Waals surface area contributed by atoms with E-state index in [0.717, 1.165) is 5.56 Å². The summed E-state index contributed by atoms with van der Waals surface area (Å²) in [4.78, 5) is 73.5. The Balaban J connectivity index is 2.31. The molecule has 0 bridgehead atoms. The van der Waals surface area contributed by atoms with Crippen LogP contribution in [0.4, 0.5) is 0 Å². The van der Waals surface area contributed by atoms with Gasteiger partial charge in [-0.25, -0.2) is 0 Å². The Morgan fingerprint density at radius 1 is 1.02 bits per heavy atom. The van der Waals surface area contributed by atoms with Crippen LogP contribution in [0.5, 0.6) is 0 Å². The number of nitrogens with one attached hydrogen (secondary N) is 3. The molecule has 0 aromatic heterocycles. The van der Waals surface area contributed by atoms with Gasteiger partial charge in [0.15, 0.2) is 0 Å². The summed E-state index contributed by atoms with van der Waals surface area (Å²) in [5.41, 5.74) is 15.7. The van der Waals surface area contributed by atoms with Gasteiger partial charge in [-0.3, -0.25) is 24.0 Å². The predicted octanol–water partition coefficient (Wildman–Crippen LogP) is 2.55. The van der Waals surface area contributed by atoms with E-state index in [4.69, 9.17) is 15.2 Å². The van der Waals surface area contributed by atoms with Crippen molar-refractivity contribution < 1.29 is 33.4 Å². The number of methoxy groups -OCH3 is 2. The molecule has 54 heavy (non-hydrogen) atoms. The lowest BCUT2D eigenvalue weighted by Crippen LogP contribution is -2.60. The summed E-state index contributed by atoms with van der Waals surface area (Å²) in [7, 11) is 6.25. The summed E-state index contributed by atoms with van der Waals surface area (Å²) in [6.07, 6.45) is 0.667. The van der Waals surface area contributed by atoms with Crippen molar-refractivity contribution in [3.63, 3.8) is 0 Å². The number of nitrogens with zero attached hydrogens (tertiary/aromatic N) is 5. The average molecular weight is 758 g/mol. The molecule has 1 aromatic rings. The van der Waals surface area contributed by atoms with Gasteiger partial charge < -0.3 is 41.0 Å². The molecule has 10 atom stereocenters. The van der Waals surface area contributed by atoms with E-state index in [1.807, 2.05) is 58.0 Å². The third-order valence-corrected chi connectivity index (χ3v) is 10.7. The summed E-state index contributed by atoms with van der Waals surface area (Å²) < 4.78 is 11.8. The summed E-state index contributed by atoms with van der Waals surface area (Å²) in [6.45, 7) is 11.4. The van der Waals surface area contributed by atoms with Crippen molar-refractivity contribution in [2.45, 2.75) is 122 Å². The maximum atomic E-state index is 14.2. The smallest absolute Gasteiger partial charge is 0.245 e. The molecule has 0 spiro atoms. The van der Waals surface area contributed by atoms with Crippen LogP contribution in [0.25, 0.3) is 10.4 Å². The van der Waals surface area contributed by atoms with Crippen molar-refractivity contribution in [2.75, 3.05) is 34.9 Å². The Labute approximate surface area is 320 Å². The quantitative estimate of drug-likeness (QED) is 0.0780. The number of carbonyl (C=O) groups excluding carboxylic acids is 5. The fourth-order valence-electron chi connectivity index (χ4n) is 7.45. The van der Waals surface area contributed by atoms with Crippen LogP contribution in [0.3, 0.4) is 0 Å². The fourth-order valence-corrected chi connectivity index (χ4v) is 7.45. The second kappa shape index (κ2) is 22.2. The van der Waals surface area contributed by atoms with Crippen LogP contribution in [0.15, 0.2) is 35.4 Å². The van der Waals surface area contributed by atoms with Crippen LogP contribution in [-0.4, -0.2) is 123 Å². The van der Waals surface area contributed by atoms with Gasteiger partial charge in [-0.1, -0.05) is 83.4 Å². The normalized spacial score (nSPS) is 19.2. The van der Waals surface area contributed by atoms with Crippen LogP contribution in [0, 0.1) is 17.8 Å². The van der Waals surface area contributed by atoms with Crippen molar-refractivity contribution in [3.05, 3.63) is 46.3 Å². The van der Waals surface area contributed by atoms with Gasteiger partial charge in [0.25, 0.3) is 0 Å². The maximum absolute atomic E-state index is 14.2. The highest BCUT2D eigenvalue weighted by Crippen LogP contribution is 2.29. The first-order valence-electron chi connectivity index (χ1n) is 18.8. The first-order chi connectivity index (χ1) is 25.6. The third-order valence-electron chi connectivity index (χ3n) is 10.7. The summed E-state index contributed by atoms with van der Waals surface area (Å²) in [5.74, 6) is -3.14. The average Bonchev–Trinajstić information content (AvgIpc) is 3.63. The lowest BCUT2D eigenvalue weighted by atomic mass is 9.89. The molecule has 0 saturated carbocycles. The highest BCUT2D eigenvalue weighted by atomic mass is 16.5. The van der Waals surface area contributed by atoms with E-state index in [0.29, 0.717) is 25.8 Å². The second-order valence-corrected chi connectivity index (χ2v) is 14.7.